The Balaban J connectivity index is 1.63. The lowest BCUT2D eigenvalue weighted by Crippen LogP contribution is -2.34. The van der Waals surface area contributed by atoms with Gasteiger partial charge in [-0.05, 0) is 31.2 Å². The Bertz CT molecular complexity index is 430. The molecule has 1 aliphatic carbocycles. The number of hydrogen-bond donors (Lipinski definition) is 3. The molecule has 5 heteroatoms. The van der Waals surface area contributed by atoms with E-state index in [4.69, 9.17) is 10.5 Å². The summed E-state index contributed by atoms with van der Waals surface area (Å²) in [5.41, 5.74) is 6.43. The molecule has 1 atom stereocenters. The van der Waals surface area contributed by atoms with Gasteiger partial charge in [-0.1, -0.05) is 30.3 Å². The second kappa shape index (κ2) is 8.12. The van der Waals surface area contributed by atoms with Gasteiger partial charge in [-0.2, -0.15) is 0 Å². The number of amides is 1. The van der Waals surface area contributed by atoms with Crippen molar-refractivity contribution in [2.45, 2.75) is 43.9 Å². The van der Waals surface area contributed by atoms with Crippen molar-refractivity contribution in [1.82, 2.24) is 5.32 Å². The molecule has 21 heavy (non-hydrogen) atoms. The maximum atomic E-state index is 11.8. The molecule has 116 valence electrons. The second-order valence-electron chi connectivity index (χ2n) is 5.51. The van der Waals surface area contributed by atoms with Gasteiger partial charge in [-0.15, -0.1) is 0 Å². The number of carbonyl (C=O) groups is 1. The predicted octanol–water partition coefficient (Wildman–Crippen LogP) is 1.12. The molecule has 1 saturated carbocycles. The van der Waals surface area contributed by atoms with Crippen LogP contribution in [-0.2, 0) is 9.53 Å². The molecule has 1 fully saturated rings. The summed E-state index contributed by atoms with van der Waals surface area (Å²) in [5.74, 6) is -0.393. The third-order valence-corrected chi connectivity index (χ3v) is 3.84. The molecule has 4 N–H and O–H groups in total. The van der Waals surface area contributed by atoms with Gasteiger partial charge in [0.2, 0.25) is 0 Å². The Kier molecular flexibility index (Phi) is 6.17. The SMILES string of the molecule is NC1CCC(OCCNC(=O)C(O)c2ccccc2)CC1. The third-order valence-electron chi connectivity index (χ3n) is 3.84. The highest BCUT2D eigenvalue weighted by Crippen LogP contribution is 2.19. The van der Waals surface area contributed by atoms with Crippen LogP contribution in [0.15, 0.2) is 30.3 Å². The van der Waals surface area contributed by atoms with Gasteiger partial charge in [0, 0.05) is 12.6 Å². The minimum atomic E-state index is -1.13. The molecule has 1 unspecified atom stereocenters. The lowest BCUT2D eigenvalue weighted by atomic mass is 9.94. The number of rotatable bonds is 6. The molecule has 0 aromatic heterocycles. The Hall–Kier alpha value is -1.43. The number of benzene rings is 1. The molecular formula is C16H24N2O3. The summed E-state index contributed by atoms with van der Waals surface area (Å²) >= 11 is 0. The highest BCUT2D eigenvalue weighted by molar-refractivity contribution is 5.81. The van der Waals surface area contributed by atoms with E-state index < -0.39 is 12.0 Å². The zero-order chi connectivity index (χ0) is 15.1. The van der Waals surface area contributed by atoms with Gasteiger partial charge >= 0.3 is 0 Å². The first kappa shape index (κ1) is 15.9. The number of aliphatic hydroxyl groups is 1. The van der Waals surface area contributed by atoms with Gasteiger partial charge in [0.15, 0.2) is 6.10 Å². The summed E-state index contributed by atoms with van der Waals surface area (Å²) < 4.78 is 5.72. The fraction of sp³-hybridized carbons (Fsp3) is 0.562. The monoisotopic (exact) mass is 292 g/mol. The normalized spacial score (nSPS) is 23.5. The average molecular weight is 292 g/mol. The molecule has 0 aliphatic heterocycles. The fourth-order valence-electron chi connectivity index (χ4n) is 2.54. The zero-order valence-electron chi connectivity index (χ0n) is 12.2. The van der Waals surface area contributed by atoms with Crippen LogP contribution in [0.4, 0.5) is 0 Å². The van der Waals surface area contributed by atoms with Crippen LogP contribution in [0.3, 0.4) is 0 Å². The molecule has 2 rings (SSSR count). The molecule has 5 nitrogen and oxygen atoms in total. The number of aliphatic hydroxyl groups excluding tert-OH is 1. The van der Waals surface area contributed by atoms with Crippen LogP contribution >= 0.6 is 0 Å². The van der Waals surface area contributed by atoms with Crippen molar-refractivity contribution in [3.05, 3.63) is 35.9 Å². The molecule has 0 heterocycles. The van der Waals surface area contributed by atoms with Gasteiger partial charge in [0.25, 0.3) is 5.91 Å². The van der Waals surface area contributed by atoms with Crippen molar-refractivity contribution >= 4 is 5.91 Å². The lowest BCUT2D eigenvalue weighted by molar-refractivity contribution is -0.130. The smallest absolute Gasteiger partial charge is 0.253 e. The van der Waals surface area contributed by atoms with E-state index >= 15 is 0 Å². The molecule has 0 radical (unpaired) electrons. The van der Waals surface area contributed by atoms with Gasteiger partial charge < -0.3 is 20.9 Å². The van der Waals surface area contributed by atoms with Crippen molar-refractivity contribution in [2.75, 3.05) is 13.2 Å². The minimum Gasteiger partial charge on any atom is -0.378 e. The summed E-state index contributed by atoms with van der Waals surface area (Å²) in [7, 11) is 0. The van der Waals surface area contributed by atoms with Crippen LogP contribution in [0.1, 0.15) is 37.4 Å². The molecule has 1 aromatic rings. The standard InChI is InChI=1S/C16H24N2O3/c17-13-6-8-14(9-7-13)21-11-10-18-16(20)15(19)12-4-2-1-3-5-12/h1-5,13-15,19H,6-11,17H2,(H,18,20). The third kappa shape index (κ3) is 5.12. The molecule has 1 amide bonds. The van der Waals surface area contributed by atoms with E-state index in [1.165, 1.54) is 0 Å². The molecule has 0 saturated heterocycles. The first-order valence-corrected chi connectivity index (χ1v) is 7.54. The number of nitrogens with one attached hydrogen (secondary N) is 1. The summed E-state index contributed by atoms with van der Waals surface area (Å²) in [6.45, 7) is 0.873. The lowest BCUT2D eigenvalue weighted by Gasteiger charge is -2.26. The number of carbonyl (C=O) groups excluding carboxylic acids is 1. The molecular weight excluding hydrogens is 268 g/mol. The summed E-state index contributed by atoms with van der Waals surface area (Å²) in [6, 6.07) is 9.20. The first-order chi connectivity index (χ1) is 10.2. The Morgan fingerprint density at radius 2 is 1.95 bits per heavy atom. The molecule has 0 bridgehead atoms. The van der Waals surface area contributed by atoms with E-state index in [9.17, 15) is 9.90 Å². The van der Waals surface area contributed by atoms with Crippen molar-refractivity contribution in [2.24, 2.45) is 5.73 Å². The van der Waals surface area contributed by atoms with E-state index in [-0.39, 0.29) is 6.10 Å². The number of nitrogens with two attached hydrogens (primary N) is 1. The van der Waals surface area contributed by atoms with Crippen LogP contribution in [-0.4, -0.2) is 36.3 Å². The van der Waals surface area contributed by atoms with Crippen molar-refractivity contribution in [3.63, 3.8) is 0 Å². The van der Waals surface area contributed by atoms with E-state index in [1.54, 1.807) is 24.3 Å². The summed E-state index contributed by atoms with van der Waals surface area (Å²) in [6.07, 6.45) is 3.11. The first-order valence-electron chi connectivity index (χ1n) is 7.54. The fourth-order valence-corrected chi connectivity index (χ4v) is 2.54. The number of ether oxygens (including phenoxy) is 1. The van der Waals surface area contributed by atoms with E-state index in [0.29, 0.717) is 24.8 Å². The maximum absolute atomic E-state index is 11.8. The Morgan fingerprint density at radius 3 is 2.62 bits per heavy atom. The van der Waals surface area contributed by atoms with Gasteiger partial charge in [-0.25, -0.2) is 0 Å². The average Bonchev–Trinajstić information content (AvgIpc) is 2.53. The predicted molar refractivity (Wildman–Crippen MR) is 80.6 cm³/mol. The van der Waals surface area contributed by atoms with E-state index in [0.717, 1.165) is 25.7 Å². The van der Waals surface area contributed by atoms with Gasteiger partial charge in [0.05, 0.1) is 12.7 Å². The Labute approximate surface area is 125 Å². The molecule has 0 spiro atoms. The largest absolute Gasteiger partial charge is 0.378 e. The summed E-state index contributed by atoms with van der Waals surface area (Å²) in [4.78, 5) is 11.8. The maximum Gasteiger partial charge on any atom is 0.253 e. The zero-order valence-corrected chi connectivity index (χ0v) is 12.2. The van der Waals surface area contributed by atoms with Crippen LogP contribution in [0.5, 0.6) is 0 Å². The van der Waals surface area contributed by atoms with Crippen LogP contribution in [0.2, 0.25) is 0 Å². The van der Waals surface area contributed by atoms with E-state index in [2.05, 4.69) is 5.32 Å². The van der Waals surface area contributed by atoms with Crippen molar-refractivity contribution in [3.8, 4) is 0 Å². The van der Waals surface area contributed by atoms with Gasteiger partial charge in [0.1, 0.15) is 0 Å². The van der Waals surface area contributed by atoms with E-state index in [1.807, 2.05) is 6.07 Å². The quantitative estimate of drug-likeness (QED) is 0.686. The van der Waals surface area contributed by atoms with Crippen LogP contribution < -0.4 is 11.1 Å². The summed E-state index contributed by atoms with van der Waals surface area (Å²) in [5, 5.41) is 12.6. The highest BCUT2D eigenvalue weighted by atomic mass is 16.5. The van der Waals surface area contributed by atoms with Crippen molar-refractivity contribution < 1.29 is 14.6 Å². The van der Waals surface area contributed by atoms with Crippen molar-refractivity contribution in [1.29, 1.82) is 0 Å². The minimum absolute atomic E-state index is 0.251. The number of hydrogen-bond acceptors (Lipinski definition) is 4. The highest BCUT2D eigenvalue weighted by Gasteiger charge is 2.19. The van der Waals surface area contributed by atoms with Gasteiger partial charge in [-0.3, -0.25) is 4.79 Å². The van der Waals surface area contributed by atoms with Crippen LogP contribution in [0, 0.1) is 0 Å². The molecule has 1 aliphatic rings. The topological polar surface area (TPSA) is 84.6 Å². The Morgan fingerprint density at radius 1 is 1.29 bits per heavy atom. The molecule has 1 aromatic carbocycles. The second-order valence-corrected chi connectivity index (χ2v) is 5.51. The van der Waals surface area contributed by atoms with Crippen LogP contribution in [0.25, 0.3) is 0 Å².